The molecule has 10 heteroatoms. The van der Waals surface area contributed by atoms with Gasteiger partial charge in [0.05, 0.1) is 5.56 Å². The van der Waals surface area contributed by atoms with Crippen molar-refractivity contribution >= 4 is 15.9 Å². The number of nitrogens with zero attached hydrogens (tertiary/aromatic N) is 1. The number of amides is 1. The fourth-order valence-corrected chi connectivity index (χ4v) is 5.72. The van der Waals surface area contributed by atoms with Crippen LogP contribution >= 0.6 is 0 Å². The van der Waals surface area contributed by atoms with Gasteiger partial charge in [-0.25, -0.2) is 12.7 Å². The Labute approximate surface area is 186 Å². The number of nitrogens with one attached hydrogen (secondary N) is 2. The fourth-order valence-electron chi connectivity index (χ4n) is 4.10. The van der Waals surface area contributed by atoms with Crippen LogP contribution in [0.1, 0.15) is 28.8 Å². The summed E-state index contributed by atoms with van der Waals surface area (Å²) in [6.07, 6.45) is 0.925. The molecule has 0 saturated carbocycles. The largest absolute Gasteiger partial charge is 0.434 e. The first-order chi connectivity index (χ1) is 15.2. The number of hydrogen-bond donors (Lipinski definition) is 2. The van der Waals surface area contributed by atoms with E-state index in [0.29, 0.717) is 25.9 Å². The van der Waals surface area contributed by atoms with Gasteiger partial charge in [0.2, 0.25) is 10.0 Å². The smallest absolute Gasteiger partial charge is 0.387 e. The number of benzene rings is 2. The average molecular weight is 468 g/mol. The molecule has 1 amide bonds. The number of halogens is 2. The van der Waals surface area contributed by atoms with Gasteiger partial charge >= 0.3 is 6.61 Å². The molecule has 1 aliphatic heterocycles. The molecule has 1 heterocycles. The number of piperidine rings is 1. The van der Waals surface area contributed by atoms with Crippen molar-refractivity contribution in [1.82, 2.24) is 14.9 Å². The van der Waals surface area contributed by atoms with E-state index < -0.39 is 33.3 Å². The fraction of sp³-hybridized carbons (Fsp3) is 0.409. The molecule has 2 aromatic rings. The highest BCUT2D eigenvalue weighted by molar-refractivity contribution is 7.89. The molecule has 0 radical (unpaired) electrons. The van der Waals surface area contributed by atoms with Crippen LogP contribution in [0.4, 0.5) is 8.78 Å². The summed E-state index contributed by atoms with van der Waals surface area (Å²) >= 11 is 0. The Morgan fingerprint density at radius 1 is 1.06 bits per heavy atom. The number of sulfonamides is 1. The summed E-state index contributed by atoms with van der Waals surface area (Å²) < 4.78 is 58.2. The Morgan fingerprint density at radius 3 is 2.25 bits per heavy atom. The van der Waals surface area contributed by atoms with Gasteiger partial charge in [0, 0.05) is 19.5 Å². The summed E-state index contributed by atoms with van der Waals surface area (Å²) in [6, 6.07) is 14.7. The lowest BCUT2D eigenvalue weighted by Crippen LogP contribution is -2.60. The molecule has 1 atom stereocenters. The zero-order chi connectivity index (χ0) is 23.4. The third kappa shape index (κ3) is 4.92. The first kappa shape index (κ1) is 24.1. The zero-order valence-corrected chi connectivity index (χ0v) is 18.7. The van der Waals surface area contributed by atoms with Crippen LogP contribution in [0.2, 0.25) is 0 Å². The maximum absolute atomic E-state index is 13.5. The van der Waals surface area contributed by atoms with Gasteiger partial charge in [-0.15, -0.1) is 0 Å². The molecule has 0 aromatic heterocycles. The minimum absolute atomic E-state index is 0.163. The summed E-state index contributed by atoms with van der Waals surface area (Å²) in [7, 11) is -1.19. The maximum Gasteiger partial charge on any atom is 0.387 e. The van der Waals surface area contributed by atoms with Crippen molar-refractivity contribution in [2.75, 3.05) is 27.2 Å². The summed E-state index contributed by atoms with van der Waals surface area (Å²) in [4.78, 5) is 13.2. The number of carbonyl (C=O) groups is 1. The van der Waals surface area contributed by atoms with Gasteiger partial charge in [-0.2, -0.15) is 8.78 Å². The van der Waals surface area contributed by atoms with Crippen molar-refractivity contribution in [1.29, 1.82) is 0 Å². The molecule has 0 bridgehead atoms. The summed E-state index contributed by atoms with van der Waals surface area (Å²) in [5.74, 6) is -1.12. The highest BCUT2D eigenvalue weighted by Crippen LogP contribution is 2.40. The van der Waals surface area contributed by atoms with E-state index in [2.05, 4.69) is 15.4 Å². The molecule has 174 valence electrons. The highest BCUT2D eigenvalue weighted by Gasteiger charge is 2.49. The van der Waals surface area contributed by atoms with Crippen molar-refractivity contribution < 1.29 is 26.7 Å². The minimum atomic E-state index is -4.00. The van der Waals surface area contributed by atoms with Crippen molar-refractivity contribution in [3.05, 3.63) is 65.7 Å². The quantitative estimate of drug-likeness (QED) is 0.623. The average Bonchev–Trinajstić information content (AvgIpc) is 2.78. The SMILES string of the molecule is CN(C)S(=O)(=O)C(NC(=O)c1ccccc1OC(F)F)C1(c2ccccc2)CCNCC1. The minimum Gasteiger partial charge on any atom is -0.434 e. The van der Waals surface area contributed by atoms with Crippen LogP contribution in [0.15, 0.2) is 54.6 Å². The number of ether oxygens (including phenoxy) is 1. The monoisotopic (exact) mass is 467 g/mol. The molecule has 7 nitrogen and oxygen atoms in total. The van der Waals surface area contributed by atoms with Crippen LogP contribution < -0.4 is 15.4 Å². The van der Waals surface area contributed by atoms with Crippen molar-refractivity contribution in [3.8, 4) is 5.75 Å². The second-order valence-electron chi connectivity index (χ2n) is 7.83. The van der Waals surface area contributed by atoms with Crippen LogP contribution in [0, 0.1) is 0 Å². The Hall–Kier alpha value is -2.56. The van der Waals surface area contributed by atoms with E-state index in [-0.39, 0.29) is 11.3 Å². The van der Waals surface area contributed by atoms with E-state index in [1.54, 1.807) is 0 Å². The first-order valence-electron chi connectivity index (χ1n) is 10.2. The lowest BCUT2D eigenvalue weighted by atomic mass is 9.72. The normalized spacial score (nSPS) is 17.2. The third-order valence-electron chi connectivity index (χ3n) is 5.76. The molecule has 0 spiro atoms. The Bertz CT molecular complexity index is 1030. The highest BCUT2D eigenvalue weighted by atomic mass is 32.2. The Balaban J connectivity index is 2.09. The lowest BCUT2D eigenvalue weighted by molar-refractivity contribution is -0.0501. The van der Waals surface area contributed by atoms with Gasteiger partial charge in [-0.3, -0.25) is 4.79 Å². The van der Waals surface area contributed by atoms with Gasteiger partial charge in [-0.1, -0.05) is 42.5 Å². The molecule has 1 aliphatic rings. The Morgan fingerprint density at radius 2 is 1.66 bits per heavy atom. The lowest BCUT2D eigenvalue weighted by Gasteiger charge is -2.44. The molecule has 0 aliphatic carbocycles. The summed E-state index contributed by atoms with van der Waals surface area (Å²) in [5.41, 5.74) is -0.290. The molecule has 1 unspecified atom stereocenters. The van der Waals surface area contributed by atoms with Crippen molar-refractivity contribution in [2.24, 2.45) is 0 Å². The standard InChI is InChI=1S/C22H27F2N3O4S/c1-27(2)32(29,30)20(22(12-14-25-15-13-22)16-8-4-3-5-9-16)26-19(28)17-10-6-7-11-18(17)31-21(23)24/h3-11,20-21,25H,12-15H2,1-2H3,(H,26,28). The summed E-state index contributed by atoms with van der Waals surface area (Å²) in [6.45, 7) is -1.99. The second kappa shape index (κ2) is 9.93. The van der Waals surface area contributed by atoms with Crippen LogP contribution in [-0.4, -0.2) is 57.8 Å². The number of para-hydroxylation sites is 1. The van der Waals surface area contributed by atoms with E-state index >= 15 is 0 Å². The van der Waals surface area contributed by atoms with Crippen LogP contribution in [0.5, 0.6) is 5.75 Å². The molecule has 1 fully saturated rings. The molecular formula is C22H27F2N3O4S. The number of hydrogen-bond acceptors (Lipinski definition) is 5. The van der Waals surface area contributed by atoms with Crippen LogP contribution in [0.3, 0.4) is 0 Å². The second-order valence-corrected chi connectivity index (χ2v) is 10.1. The van der Waals surface area contributed by atoms with Crippen molar-refractivity contribution in [2.45, 2.75) is 30.2 Å². The molecular weight excluding hydrogens is 440 g/mol. The topological polar surface area (TPSA) is 87.7 Å². The predicted molar refractivity (Wildman–Crippen MR) is 117 cm³/mol. The first-order valence-corrected chi connectivity index (χ1v) is 11.7. The zero-order valence-electron chi connectivity index (χ0n) is 17.9. The van der Waals surface area contributed by atoms with Gasteiger partial charge in [-0.05, 0) is 43.6 Å². The Kier molecular flexibility index (Phi) is 7.47. The van der Waals surface area contributed by atoms with Crippen molar-refractivity contribution in [3.63, 3.8) is 0 Å². The molecule has 2 N–H and O–H groups in total. The van der Waals surface area contributed by atoms with Gasteiger partial charge in [0.15, 0.2) is 5.37 Å². The molecule has 2 aromatic carbocycles. The number of rotatable bonds is 8. The van der Waals surface area contributed by atoms with E-state index in [4.69, 9.17) is 0 Å². The van der Waals surface area contributed by atoms with Gasteiger partial charge < -0.3 is 15.4 Å². The number of alkyl halides is 2. The van der Waals surface area contributed by atoms with E-state index in [1.165, 1.54) is 38.4 Å². The van der Waals surface area contributed by atoms with Gasteiger partial charge in [0.1, 0.15) is 5.75 Å². The van der Waals surface area contributed by atoms with E-state index in [0.717, 1.165) is 9.87 Å². The molecule has 1 saturated heterocycles. The van der Waals surface area contributed by atoms with E-state index in [9.17, 15) is 22.0 Å². The summed E-state index contributed by atoms with van der Waals surface area (Å²) in [5, 5.41) is 4.57. The molecule has 3 rings (SSSR count). The number of carbonyl (C=O) groups excluding carboxylic acids is 1. The third-order valence-corrected chi connectivity index (χ3v) is 7.95. The van der Waals surface area contributed by atoms with Crippen LogP contribution in [0.25, 0.3) is 0 Å². The van der Waals surface area contributed by atoms with Crippen LogP contribution in [-0.2, 0) is 15.4 Å². The molecule has 32 heavy (non-hydrogen) atoms. The maximum atomic E-state index is 13.5. The van der Waals surface area contributed by atoms with Gasteiger partial charge in [0.25, 0.3) is 5.91 Å². The van der Waals surface area contributed by atoms with E-state index in [1.807, 2.05) is 30.3 Å². The predicted octanol–water partition coefficient (Wildman–Crippen LogP) is 2.56.